The third kappa shape index (κ3) is 4.73. The lowest BCUT2D eigenvalue weighted by Gasteiger charge is -2.17. The molecule has 1 heterocycles. The van der Waals surface area contributed by atoms with Crippen molar-refractivity contribution in [1.29, 1.82) is 0 Å². The summed E-state index contributed by atoms with van der Waals surface area (Å²) in [6.07, 6.45) is 3.20. The molecule has 2 aliphatic rings. The molecule has 158 valence electrons. The molecule has 7 heteroatoms. The molecule has 1 N–H and O–H groups in total. The molecule has 0 saturated heterocycles. The Kier molecular flexibility index (Phi) is 5.90. The van der Waals surface area contributed by atoms with Crippen molar-refractivity contribution in [3.05, 3.63) is 59.7 Å². The van der Waals surface area contributed by atoms with Gasteiger partial charge in [-0.25, -0.2) is 8.42 Å². The van der Waals surface area contributed by atoms with E-state index in [0.717, 1.165) is 29.7 Å². The molecule has 1 aliphatic carbocycles. The van der Waals surface area contributed by atoms with Gasteiger partial charge in [0.2, 0.25) is 11.8 Å². The van der Waals surface area contributed by atoms with E-state index in [-0.39, 0.29) is 34.8 Å². The van der Waals surface area contributed by atoms with Crippen molar-refractivity contribution in [3.63, 3.8) is 0 Å². The standard InChI is InChI=1S/C23H26N2O4S/c26-22(24-13-10-17-4-2-1-3-5-17)12-15-30(28,29)20-8-9-21-19(16-20)11-14-25(21)23(27)18-6-7-18/h1-5,8-9,16,18H,6-7,10-15H2,(H,24,26). The minimum absolute atomic E-state index is 0.0689. The molecule has 2 amide bonds. The van der Waals surface area contributed by atoms with E-state index in [9.17, 15) is 18.0 Å². The number of anilines is 1. The minimum Gasteiger partial charge on any atom is -0.356 e. The minimum atomic E-state index is -3.56. The first-order valence-corrected chi connectivity index (χ1v) is 12.1. The molecule has 0 atom stereocenters. The summed E-state index contributed by atoms with van der Waals surface area (Å²) in [7, 11) is -3.56. The van der Waals surface area contributed by atoms with Crippen LogP contribution in [0, 0.1) is 5.92 Å². The highest BCUT2D eigenvalue weighted by Gasteiger charge is 2.36. The summed E-state index contributed by atoms with van der Waals surface area (Å²) in [5.41, 5.74) is 2.83. The Hall–Kier alpha value is -2.67. The zero-order valence-electron chi connectivity index (χ0n) is 16.8. The first-order valence-electron chi connectivity index (χ1n) is 10.4. The molecule has 1 aliphatic heterocycles. The highest BCUT2D eigenvalue weighted by atomic mass is 32.2. The van der Waals surface area contributed by atoms with Crippen molar-refractivity contribution in [2.75, 3.05) is 23.7 Å². The van der Waals surface area contributed by atoms with Gasteiger partial charge in [-0.05, 0) is 55.0 Å². The first kappa shape index (κ1) is 20.6. The van der Waals surface area contributed by atoms with Gasteiger partial charge in [-0.15, -0.1) is 0 Å². The molecule has 0 unspecified atom stereocenters. The van der Waals surface area contributed by atoms with Crippen LogP contribution in [-0.2, 0) is 32.3 Å². The number of benzene rings is 2. The molecule has 0 radical (unpaired) electrons. The maximum absolute atomic E-state index is 12.7. The summed E-state index contributed by atoms with van der Waals surface area (Å²) >= 11 is 0. The van der Waals surface area contributed by atoms with E-state index < -0.39 is 9.84 Å². The number of nitrogens with zero attached hydrogens (tertiary/aromatic N) is 1. The van der Waals surface area contributed by atoms with Crippen molar-refractivity contribution in [1.82, 2.24) is 5.32 Å². The number of carbonyl (C=O) groups is 2. The van der Waals surface area contributed by atoms with Gasteiger partial charge < -0.3 is 10.2 Å². The Morgan fingerprint density at radius 3 is 2.57 bits per heavy atom. The predicted molar refractivity (Wildman–Crippen MR) is 115 cm³/mol. The average molecular weight is 427 g/mol. The summed E-state index contributed by atoms with van der Waals surface area (Å²) in [6, 6.07) is 14.8. The van der Waals surface area contributed by atoms with E-state index in [0.29, 0.717) is 25.9 Å². The fraction of sp³-hybridized carbons (Fsp3) is 0.391. The number of sulfone groups is 1. The van der Waals surface area contributed by atoms with Gasteiger partial charge in [-0.2, -0.15) is 0 Å². The van der Waals surface area contributed by atoms with E-state index in [4.69, 9.17) is 0 Å². The van der Waals surface area contributed by atoms with Crippen molar-refractivity contribution >= 4 is 27.3 Å². The number of carbonyl (C=O) groups excluding carboxylic acids is 2. The normalized spacial score (nSPS) is 15.7. The van der Waals surface area contributed by atoms with E-state index in [1.807, 2.05) is 30.3 Å². The molecule has 2 aromatic carbocycles. The Morgan fingerprint density at radius 2 is 1.83 bits per heavy atom. The molecule has 4 rings (SSSR count). The van der Waals surface area contributed by atoms with E-state index in [1.54, 1.807) is 23.1 Å². The Balaban J connectivity index is 1.31. The lowest BCUT2D eigenvalue weighted by atomic mass is 10.1. The van der Waals surface area contributed by atoms with E-state index in [1.165, 1.54) is 0 Å². The fourth-order valence-electron chi connectivity index (χ4n) is 3.78. The SMILES string of the molecule is O=C(CCS(=O)(=O)c1ccc2c(c1)CCN2C(=O)C1CC1)NCCc1ccccc1. The zero-order chi connectivity index (χ0) is 21.1. The van der Waals surface area contributed by atoms with Crippen LogP contribution in [-0.4, -0.2) is 39.1 Å². The van der Waals surface area contributed by atoms with Crippen LogP contribution in [0.5, 0.6) is 0 Å². The first-order chi connectivity index (χ1) is 14.4. The second kappa shape index (κ2) is 8.60. The van der Waals surface area contributed by atoms with Crippen LogP contribution in [0.15, 0.2) is 53.4 Å². The Bertz CT molecular complexity index is 1050. The van der Waals surface area contributed by atoms with Crippen LogP contribution in [0.3, 0.4) is 0 Å². The number of hydrogen-bond donors (Lipinski definition) is 1. The number of hydrogen-bond acceptors (Lipinski definition) is 4. The zero-order valence-corrected chi connectivity index (χ0v) is 17.7. The molecular formula is C23H26N2O4S. The van der Waals surface area contributed by atoms with Gasteiger partial charge in [-0.3, -0.25) is 9.59 Å². The van der Waals surface area contributed by atoms with Gasteiger partial charge in [0.1, 0.15) is 0 Å². The molecule has 2 aromatic rings. The van der Waals surface area contributed by atoms with Crippen molar-refractivity contribution in [2.45, 2.75) is 37.0 Å². The maximum Gasteiger partial charge on any atom is 0.230 e. The van der Waals surface area contributed by atoms with Gasteiger partial charge in [0.25, 0.3) is 0 Å². The van der Waals surface area contributed by atoms with Gasteiger partial charge in [0.05, 0.1) is 10.6 Å². The van der Waals surface area contributed by atoms with Crippen LogP contribution in [0.25, 0.3) is 0 Å². The summed E-state index contributed by atoms with van der Waals surface area (Å²) < 4.78 is 25.4. The third-order valence-corrected chi connectivity index (χ3v) is 7.39. The number of amides is 2. The smallest absolute Gasteiger partial charge is 0.230 e. The molecule has 0 spiro atoms. The highest BCUT2D eigenvalue weighted by molar-refractivity contribution is 7.91. The van der Waals surface area contributed by atoms with Crippen molar-refractivity contribution in [2.24, 2.45) is 5.92 Å². The highest BCUT2D eigenvalue weighted by Crippen LogP contribution is 2.37. The largest absolute Gasteiger partial charge is 0.356 e. The lowest BCUT2D eigenvalue weighted by molar-refractivity contribution is -0.121. The second-order valence-electron chi connectivity index (χ2n) is 7.96. The maximum atomic E-state index is 12.7. The molecular weight excluding hydrogens is 400 g/mol. The summed E-state index contributed by atoms with van der Waals surface area (Å²) in [5.74, 6) is -0.207. The number of nitrogens with one attached hydrogen (secondary N) is 1. The third-order valence-electron chi connectivity index (χ3n) is 5.67. The lowest BCUT2D eigenvalue weighted by Crippen LogP contribution is -2.30. The monoisotopic (exact) mass is 426 g/mol. The van der Waals surface area contributed by atoms with E-state index in [2.05, 4.69) is 5.32 Å². The van der Waals surface area contributed by atoms with E-state index >= 15 is 0 Å². The van der Waals surface area contributed by atoms with Gasteiger partial charge in [0.15, 0.2) is 9.84 Å². The molecule has 1 saturated carbocycles. The van der Waals surface area contributed by atoms with Crippen LogP contribution < -0.4 is 10.2 Å². The van der Waals surface area contributed by atoms with Crippen LogP contribution in [0.4, 0.5) is 5.69 Å². The topological polar surface area (TPSA) is 83.6 Å². The summed E-state index contributed by atoms with van der Waals surface area (Å²) in [5, 5.41) is 2.78. The summed E-state index contributed by atoms with van der Waals surface area (Å²) in [4.78, 5) is 26.4. The van der Waals surface area contributed by atoms with Crippen molar-refractivity contribution < 1.29 is 18.0 Å². The van der Waals surface area contributed by atoms with Gasteiger partial charge in [0, 0.05) is 31.1 Å². The Morgan fingerprint density at radius 1 is 1.07 bits per heavy atom. The van der Waals surface area contributed by atoms with Crippen LogP contribution in [0.2, 0.25) is 0 Å². The Labute approximate surface area is 177 Å². The van der Waals surface area contributed by atoms with Crippen LogP contribution >= 0.6 is 0 Å². The quantitative estimate of drug-likeness (QED) is 0.703. The average Bonchev–Trinajstić information content (AvgIpc) is 3.51. The fourth-order valence-corrected chi connectivity index (χ4v) is 5.06. The second-order valence-corrected chi connectivity index (χ2v) is 10.1. The molecule has 6 nitrogen and oxygen atoms in total. The molecule has 0 bridgehead atoms. The van der Waals surface area contributed by atoms with Crippen LogP contribution in [0.1, 0.15) is 30.4 Å². The predicted octanol–water partition coefficient (Wildman–Crippen LogP) is 2.51. The number of fused-ring (bicyclic) bond motifs is 1. The summed E-state index contributed by atoms with van der Waals surface area (Å²) in [6.45, 7) is 1.09. The van der Waals surface area contributed by atoms with Gasteiger partial charge in [-0.1, -0.05) is 30.3 Å². The molecule has 0 aromatic heterocycles. The molecule has 30 heavy (non-hydrogen) atoms. The number of rotatable bonds is 8. The van der Waals surface area contributed by atoms with Crippen molar-refractivity contribution in [3.8, 4) is 0 Å². The molecule has 1 fully saturated rings. The van der Waals surface area contributed by atoms with Gasteiger partial charge >= 0.3 is 0 Å².